The first-order chi connectivity index (χ1) is 23.0. The first-order valence-electron chi connectivity index (χ1n) is 15.0. The maximum atomic E-state index is 12.2. The number of halogens is 2. The third-order valence-corrected chi connectivity index (χ3v) is 11.7. The molecule has 0 heterocycles. The van der Waals surface area contributed by atoms with Crippen LogP contribution in [0, 0.1) is 21.0 Å². The normalized spacial score (nSPS) is 11.9. The molecule has 0 spiro atoms. The van der Waals surface area contributed by atoms with Gasteiger partial charge in [-0.05, 0) is 95.4 Å². The van der Waals surface area contributed by atoms with Crippen molar-refractivity contribution in [3.63, 3.8) is 0 Å². The molecule has 12 nitrogen and oxygen atoms in total. The van der Waals surface area contributed by atoms with E-state index < -0.39 is 20.2 Å². The molecule has 48 heavy (non-hydrogen) atoms. The van der Waals surface area contributed by atoms with Gasteiger partial charge >= 0.3 is 0 Å². The van der Waals surface area contributed by atoms with Crippen LogP contribution >= 0.6 is 45.2 Å². The number of hydrogen-bond donors (Lipinski definition) is 0. The Balaban J connectivity index is 1.22. The van der Waals surface area contributed by atoms with Crippen LogP contribution in [0.15, 0.2) is 70.5 Å². The highest BCUT2D eigenvalue weighted by Gasteiger charge is 2.16. The number of benzene rings is 3. The molecule has 0 fully saturated rings. The van der Waals surface area contributed by atoms with Crippen LogP contribution in [0.1, 0.15) is 11.1 Å². The van der Waals surface area contributed by atoms with E-state index in [0.717, 1.165) is 18.3 Å². The fourth-order valence-electron chi connectivity index (χ4n) is 3.75. The summed E-state index contributed by atoms with van der Waals surface area (Å²) >= 11 is 4.45. The molecule has 0 atom stereocenters. The first-order valence-corrected chi connectivity index (χ1v) is 19.9. The Morgan fingerprint density at radius 3 is 1.08 bits per heavy atom. The molecule has 0 aromatic heterocycles. The van der Waals surface area contributed by atoms with Gasteiger partial charge in [-0.15, -0.1) is 0 Å². The van der Waals surface area contributed by atoms with Crippen molar-refractivity contribution in [3.05, 3.63) is 78.9 Å². The molecule has 0 aliphatic rings. The number of aryl methyl sites for hydroxylation is 2. The lowest BCUT2D eigenvalue weighted by Crippen LogP contribution is -2.15. The van der Waals surface area contributed by atoms with Crippen molar-refractivity contribution in [1.29, 1.82) is 0 Å². The van der Waals surface area contributed by atoms with Crippen molar-refractivity contribution >= 4 is 65.4 Å². The van der Waals surface area contributed by atoms with Crippen LogP contribution in [0.5, 0.6) is 11.5 Å². The Morgan fingerprint density at radius 1 is 0.458 bits per heavy atom. The van der Waals surface area contributed by atoms with Gasteiger partial charge in [-0.25, -0.2) is 0 Å². The summed E-state index contributed by atoms with van der Waals surface area (Å²) in [4.78, 5) is 0.219. The van der Waals surface area contributed by atoms with E-state index >= 15 is 0 Å². The molecule has 0 unspecified atom stereocenters. The summed E-state index contributed by atoms with van der Waals surface area (Å²) in [7, 11) is -7.63. The molecule has 3 rings (SSSR count). The van der Waals surface area contributed by atoms with E-state index in [0.29, 0.717) is 37.9 Å². The Kier molecular flexibility index (Phi) is 18.3. The second-order valence-electron chi connectivity index (χ2n) is 10.0. The average Bonchev–Trinajstić information content (AvgIpc) is 3.05. The van der Waals surface area contributed by atoms with Crippen LogP contribution in [-0.4, -0.2) is 96.1 Å². The summed E-state index contributed by atoms with van der Waals surface area (Å²) in [6, 6.07) is 16.7. The molecule has 0 saturated carbocycles. The van der Waals surface area contributed by atoms with Gasteiger partial charge in [-0.3, -0.25) is 8.37 Å². The minimum Gasteiger partial charge on any atom is -0.487 e. The van der Waals surface area contributed by atoms with Gasteiger partial charge in [0.25, 0.3) is 20.2 Å². The van der Waals surface area contributed by atoms with E-state index in [1.165, 1.54) is 24.3 Å². The van der Waals surface area contributed by atoms with Gasteiger partial charge < -0.3 is 28.4 Å². The topological polar surface area (TPSA) is 142 Å². The van der Waals surface area contributed by atoms with E-state index in [2.05, 4.69) is 45.2 Å². The van der Waals surface area contributed by atoms with Crippen LogP contribution < -0.4 is 9.47 Å². The molecule has 0 radical (unpaired) electrons. The summed E-state index contributed by atoms with van der Waals surface area (Å²) in [6.07, 6.45) is 0. The molecule has 16 heteroatoms. The Labute approximate surface area is 310 Å². The van der Waals surface area contributed by atoms with Gasteiger partial charge in [0, 0.05) is 7.14 Å². The van der Waals surface area contributed by atoms with Crippen LogP contribution in [0.2, 0.25) is 0 Å². The summed E-state index contributed by atoms with van der Waals surface area (Å²) < 4.78 is 94.5. The second-order valence-corrected chi connectivity index (χ2v) is 15.6. The zero-order chi connectivity index (χ0) is 34.8. The number of rotatable bonds is 24. The molecular formula is C32H40I2O12S2. The van der Waals surface area contributed by atoms with Crippen LogP contribution in [-0.2, 0) is 47.5 Å². The molecule has 0 aliphatic carbocycles. The largest absolute Gasteiger partial charge is 0.487 e. The highest BCUT2D eigenvalue weighted by Crippen LogP contribution is 2.32. The Hall–Kier alpha value is -1.62. The summed E-state index contributed by atoms with van der Waals surface area (Å²) in [6.45, 7) is 6.16. The van der Waals surface area contributed by atoms with Crippen molar-refractivity contribution in [1.82, 2.24) is 0 Å². The van der Waals surface area contributed by atoms with Gasteiger partial charge in [0.05, 0.1) is 75.9 Å². The van der Waals surface area contributed by atoms with Crippen molar-refractivity contribution < 1.29 is 53.6 Å². The molecular weight excluding hydrogens is 894 g/mol. The highest BCUT2D eigenvalue weighted by atomic mass is 127. The van der Waals surface area contributed by atoms with Crippen molar-refractivity contribution in [2.45, 2.75) is 23.6 Å². The fraction of sp³-hybridized carbons (Fsp3) is 0.438. The van der Waals surface area contributed by atoms with Crippen LogP contribution in [0.3, 0.4) is 0 Å². The van der Waals surface area contributed by atoms with E-state index in [9.17, 15) is 16.8 Å². The maximum Gasteiger partial charge on any atom is 0.297 e. The van der Waals surface area contributed by atoms with Gasteiger partial charge in [-0.2, -0.15) is 16.8 Å². The lowest BCUT2D eigenvalue weighted by atomic mass is 10.2. The zero-order valence-corrected chi connectivity index (χ0v) is 32.7. The summed E-state index contributed by atoms with van der Waals surface area (Å²) in [5.74, 6) is 1.16. The minimum atomic E-state index is -3.81. The predicted molar refractivity (Wildman–Crippen MR) is 195 cm³/mol. The second kappa shape index (κ2) is 21.6. The molecule has 0 saturated heterocycles. The summed E-state index contributed by atoms with van der Waals surface area (Å²) in [5.41, 5.74) is 1.92. The average molecular weight is 935 g/mol. The van der Waals surface area contributed by atoms with Gasteiger partial charge in [0.1, 0.15) is 13.2 Å². The number of hydrogen-bond acceptors (Lipinski definition) is 12. The molecule has 0 N–H and O–H groups in total. The Morgan fingerprint density at radius 2 is 0.750 bits per heavy atom. The lowest BCUT2D eigenvalue weighted by Gasteiger charge is -2.15. The molecule has 0 amide bonds. The highest BCUT2D eigenvalue weighted by molar-refractivity contribution is 14.1. The van der Waals surface area contributed by atoms with Crippen molar-refractivity contribution in [3.8, 4) is 11.5 Å². The fourth-order valence-corrected chi connectivity index (χ4v) is 6.42. The molecule has 266 valence electrons. The van der Waals surface area contributed by atoms with Crippen molar-refractivity contribution in [2.24, 2.45) is 0 Å². The maximum absolute atomic E-state index is 12.2. The van der Waals surface area contributed by atoms with Gasteiger partial charge in [0.15, 0.2) is 11.5 Å². The molecule has 3 aromatic rings. The molecule has 0 bridgehead atoms. The van der Waals surface area contributed by atoms with E-state index in [4.69, 9.17) is 36.8 Å². The quantitative estimate of drug-likeness (QED) is 0.0667. The van der Waals surface area contributed by atoms with E-state index in [1.54, 1.807) is 24.3 Å². The van der Waals surface area contributed by atoms with Gasteiger partial charge in [-0.1, -0.05) is 35.4 Å². The standard InChI is InChI=1S/C32H40I2O12S2/c1-25-3-7-27(8-4-25)47(35,36)45-21-17-41-13-11-39-15-19-43-31-23-29(33)30(34)24-32(31)44-20-16-40-12-14-42-18-22-46-48(37,38)28-9-5-26(2)6-10-28/h3-10,23-24H,11-22H2,1-2H3. The third kappa shape index (κ3) is 15.1. The Bertz CT molecular complexity index is 1480. The molecule has 3 aromatic carbocycles. The third-order valence-electron chi connectivity index (χ3n) is 6.25. The monoisotopic (exact) mass is 934 g/mol. The lowest BCUT2D eigenvalue weighted by molar-refractivity contribution is 0.0253. The molecule has 0 aliphatic heterocycles. The smallest absolute Gasteiger partial charge is 0.297 e. The van der Waals surface area contributed by atoms with Crippen molar-refractivity contribution in [2.75, 3.05) is 79.3 Å². The number of ether oxygens (including phenoxy) is 6. The minimum absolute atomic E-state index is 0.0918. The van der Waals surface area contributed by atoms with Crippen LogP contribution in [0.25, 0.3) is 0 Å². The SMILES string of the molecule is Cc1ccc(S(=O)(=O)OCCOCCOCCOc2cc(I)c(I)cc2OCCOCCOCCOS(=O)(=O)c2ccc(C)cc2)cc1. The predicted octanol–water partition coefficient (Wildman–Crippen LogP) is 5.15. The van der Waals surface area contributed by atoms with Gasteiger partial charge in [0.2, 0.25) is 0 Å². The summed E-state index contributed by atoms with van der Waals surface area (Å²) in [5, 5.41) is 0. The first kappa shape index (κ1) is 40.8. The van der Waals surface area contributed by atoms with E-state index in [1.807, 2.05) is 26.0 Å². The van der Waals surface area contributed by atoms with Crippen LogP contribution in [0.4, 0.5) is 0 Å². The zero-order valence-electron chi connectivity index (χ0n) is 26.7. The van der Waals surface area contributed by atoms with E-state index in [-0.39, 0.29) is 62.6 Å².